The molecule has 3 saturated carbocycles. The Hall–Kier alpha value is -1.11. The van der Waals surface area contributed by atoms with Crippen LogP contribution in [-0.2, 0) is 9.59 Å². The lowest BCUT2D eigenvalue weighted by molar-refractivity contribution is -0.188. The lowest BCUT2D eigenvalue weighted by Gasteiger charge is -2.60. The molecule has 4 aliphatic carbocycles. The number of fused-ring (bicyclic) bond motifs is 5. The molecule has 0 radical (unpaired) electrons. The molecule has 0 aromatic rings. The molecular weight excluding hydrogens is 351 g/mol. The van der Waals surface area contributed by atoms with Crippen molar-refractivity contribution in [3.05, 3.63) is 11.6 Å². The van der Waals surface area contributed by atoms with Crippen molar-refractivity contribution in [2.75, 3.05) is 6.61 Å². The van der Waals surface area contributed by atoms with Crippen LogP contribution in [0.2, 0.25) is 0 Å². The number of aliphatic hydroxyl groups is 3. The van der Waals surface area contributed by atoms with Crippen LogP contribution >= 0.6 is 0 Å². The molecule has 0 heterocycles. The number of Topliss-reactive ketones (excluding diaryl/α,β-unsaturated/α-hetero) is 1. The number of aliphatic hydroxyl groups excluding tert-OH is 2. The van der Waals surface area contributed by atoms with E-state index in [2.05, 4.69) is 6.92 Å². The lowest BCUT2D eigenvalue weighted by atomic mass is 9.45. The molecule has 0 aromatic heterocycles. The van der Waals surface area contributed by atoms with Crippen LogP contribution in [0.5, 0.6) is 0 Å². The molecule has 8 atom stereocenters. The Balaban J connectivity index is 1.77. The van der Waals surface area contributed by atoms with Crippen LogP contribution in [0.3, 0.4) is 0 Å². The second kappa shape index (κ2) is 5.94. The maximum absolute atomic E-state index is 15.0. The zero-order valence-electron chi connectivity index (χ0n) is 15.9. The lowest BCUT2D eigenvalue weighted by Crippen LogP contribution is -2.63. The van der Waals surface area contributed by atoms with Crippen LogP contribution in [0, 0.1) is 28.6 Å². The maximum Gasteiger partial charge on any atom is 0.193 e. The molecule has 0 saturated heterocycles. The Morgan fingerprint density at radius 2 is 2.04 bits per heavy atom. The normalized spacial score (nSPS) is 51.9. The number of alkyl halides is 1. The van der Waals surface area contributed by atoms with Crippen molar-refractivity contribution in [3.63, 3.8) is 0 Å². The summed E-state index contributed by atoms with van der Waals surface area (Å²) in [5, 5.41) is 31.5. The number of halogens is 1. The van der Waals surface area contributed by atoms with Gasteiger partial charge in [-0.1, -0.05) is 19.4 Å². The van der Waals surface area contributed by atoms with E-state index in [4.69, 9.17) is 0 Å². The zero-order valence-corrected chi connectivity index (χ0v) is 15.9. The Kier molecular flexibility index (Phi) is 4.23. The molecule has 0 amide bonds. The van der Waals surface area contributed by atoms with Crippen molar-refractivity contribution in [3.8, 4) is 0 Å². The fourth-order valence-corrected chi connectivity index (χ4v) is 7.27. The molecular formula is C21H29FO5. The van der Waals surface area contributed by atoms with Gasteiger partial charge >= 0.3 is 0 Å². The third-order valence-corrected chi connectivity index (χ3v) is 8.64. The van der Waals surface area contributed by atoms with Gasteiger partial charge in [0.05, 0.1) is 6.10 Å². The molecule has 4 rings (SSSR count). The summed E-state index contributed by atoms with van der Waals surface area (Å²) in [6, 6.07) is 0. The van der Waals surface area contributed by atoms with Crippen LogP contribution in [0.25, 0.3) is 0 Å². The largest absolute Gasteiger partial charge is 0.393 e. The van der Waals surface area contributed by atoms with E-state index < -0.39 is 35.7 Å². The molecule has 3 N–H and O–H groups in total. The van der Waals surface area contributed by atoms with Crippen molar-refractivity contribution < 1.29 is 29.3 Å². The fraction of sp³-hybridized carbons (Fsp3) is 0.810. The summed E-state index contributed by atoms with van der Waals surface area (Å²) in [4.78, 5) is 24.2. The van der Waals surface area contributed by atoms with Crippen molar-refractivity contribution >= 4 is 11.6 Å². The van der Waals surface area contributed by atoms with Gasteiger partial charge < -0.3 is 15.3 Å². The molecule has 5 nitrogen and oxygen atoms in total. The highest BCUT2D eigenvalue weighted by molar-refractivity contribution is 5.92. The SMILES string of the molecule is C[C@]12CCC(=O)C=C1CC[C@@H]1[C@@H]2[C@@H](O)C[C@@]2(C)[C@H]1C[C@H](F)[C@]2(O)C(=O)CO. The maximum atomic E-state index is 15.0. The highest BCUT2D eigenvalue weighted by Gasteiger charge is 2.72. The minimum atomic E-state index is -2.25. The quantitative estimate of drug-likeness (QED) is 0.678. The van der Waals surface area contributed by atoms with Gasteiger partial charge in [0.25, 0.3) is 0 Å². The Morgan fingerprint density at radius 1 is 1.33 bits per heavy atom. The first-order valence-electron chi connectivity index (χ1n) is 10.0. The summed E-state index contributed by atoms with van der Waals surface area (Å²) in [6.07, 6.45) is 1.97. The summed E-state index contributed by atoms with van der Waals surface area (Å²) in [7, 11) is 0. The molecule has 0 unspecified atom stereocenters. The van der Waals surface area contributed by atoms with E-state index in [1.54, 1.807) is 13.0 Å². The third kappa shape index (κ3) is 2.26. The number of hydrogen-bond donors (Lipinski definition) is 3. The predicted octanol–water partition coefficient (Wildman–Crippen LogP) is 1.73. The summed E-state index contributed by atoms with van der Waals surface area (Å²) in [5.41, 5.74) is -2.57. The zero-order chi connectivity index (χ0) is 19.8. The highest BCUT2D eigenvalue weighted by atomic mass is 19.1. The van der Waals surface area contributed by atoms with Crippen molar-refractivity contribution in [1.82, 2.24) is 0 Å². The molecule has 0 aliphatic heterocycles. The second-order valence-electron chi connectivity index (χ2n) is 9.63. The van der Waals surface area contributed by atoms with E-state index in [-0.39, 0.29) is 41.8 Å². The van der Waals surface area contributed by atoms with Gasteiger partial charge in [-0.15, -0.1) is 0 Å². The van der Waals surface area contributed by atoms with Crippen molar-refractivity contribution in [2.45, 2.75) is 70.2 Å². The Morgan fingerprint density at radius 3 is 2.70 bits per heavy atom. The van der Waals surface area contributed by atoms with Crippen LogP contribution in [0.1, 0.15) is 52.4 Å². The van der Waals surface area contributed by atoms with Gasteiger partial charge in [-0.05, 0) is 61.3 Å². The molecule has 0 aromatic carbocycles. The molecule has 0 spiro atoms. The topological polar surface area (TPSA) is 94.8 Å². The van der Waals surface area contributed by atoms with Gasteiger partial charge in [0.15, 0.2) is 17.2 Å². The highest BCUT2D eigenvalue weighted by Crippen LogP contribution is 2.68. The van der Waals surface area contributed by atoms with E-state index in [9.17, 15) is 24.9 Å². The molecule has 0 bridgehead atoms. The first-order valence-corrected chi connectivity index (χ1v) is 10.0. The summed E-state index contributed by atoms with van der Waals surface area (Å²) < 4.78 is 15.0. The van der Waals surface area contributed by atoms with E-state index in [0.29, 0.717) is 19.3 Å². The minimum Gasteiger partial charge on any atom is -0.393 e. The predicted molar refractivity (Wildman–Crippen MR) is 95.4 cm³/mol. The van der Waals surface area contributed by atoms with Crippen LogP contribution < -0.4 is 0 Å². The molecule has 27 heavy (non-hydrogen) atoms. The minimum absolute atomic E-state index is 0.0205. The number of carbonyl (C=O) groups excluding carboxylic acids is 2. The first kappa shape index (κ1) is 19.2. The standard InChI is InChI=1S/C21H29FO5/c1-19-6-5-12(24)7-11(19)3-4-13-14-8-16(22)21(27,17(26)10-23)20(14,2)9-15(25)18(13)19/h7,13-16,18,23,25,27H,3-6,8-10H2,1-2H3/t13-,14-,15-,16-,18+,19-,20-,21-/m0/s1. The second-order valence-corrected chi connectivity index (χ2v) is 9.63. The fourth-order valence-electron chi connectivity index (χ4n) is 7.27. The number of allylic oxidation sites excluding steroid dienone is 1. The van der Waals surface area contributed by atoms with Gasteiger partial charge in [-0.2, -0.15) is 0 Å². The van der Waals surface area contributed by atoms with E-state index in [1.165, 1.54) is 0 Å². The van der Waals surface area contributed by atoms with Crippen LogP contribution in [0.15, 0.2) is 11.6 Å². The first-order chi connectivity index (χ1) is 12.6. The number of carbonyl (C=O) groups is 2. The molecule has 3 fully saturated rings. The smallest absolute Gasteiger partial charge is 0.193 e. The monoisotopic (exact) mass is 380 g/mol. The van der Waals surface area contributed by atoms with Crippen molar-refractivity contribution in [2.24, 2.45) is 28.6 Å². The van der Waals surface area contributed by atoms with Gasteiger partial charge in [0.2, 0.25) is 0 Å². The molecule has 6 heteroatoms. The summed E-state index contributed by atoms with van der Waals surface area (Å²) in [6.45, 7) is 2.89. The Bertz CT molecular complexity index is 719. The van der Waals surface area contributed by atoms with Gasteiger partial charge in [-0.25, -0.2) is 4.39 Å². The van der Waals surface area contributed by atoms with E-state index in [1.807, 2.05) is 0 Å². The van der Waals surface area contributed by atoms with Crippen LogP contribution in [-0.4, -0.2) is 51.4 Å². The average Bonchev–Trinajstić information content (AvgIpc) is 2.82. The number of hydrogen-bond acceptors (Lipinski definition) is 5. The van der Waals surface area contributed by atoms with Crippen molar-refractivity contribution in [1.29, 1.82) is 0 Å². The summed E-state index contributed by atoms with van der Waals surface area (Å²) >= 11 is 0. The Labute approximate surface area is 158 Å². The van der Waals surface area contributed by atoms with Crippen LogP contribution in [0.4, 0.5) is 4.39 Å². The average molecular weight is 380 g/mol. The van der Waals surface area contributed by atoms with E-state index >= 15 is 4.39 Å². The third-order valence-electron chi connectivity index (χ3n) is 8.64. The number of rotatable bonds is 2. The molecule has 150 valence electrons. The van der Waals surface area contributed by atoms with Gasteiger partial charge in [0, 0.05) is 11.8 Å². The van der Waals surface area contributed by atoms with Gasteiger partial charge in [0.1, 0.15) is 12.8 Å². The molecule has 4 aliphatic rings. The summed E-state index contributed by atoms with van der Waals surface area (Å²) in [5.74, 6) is -1.13. The van der Waals surface area contributed by atoms with Gasteiger partial charge in [-0.3, -0.25) is 9.59 Å². The number of ketones is 2. The van der Waals surface area contributed by atoms with E-state index in [0.717, 1.165) is 12.0 Å².